The average molecular weight is 306 g/mol. The summed E-state index contributed by atoms with van der Waals surface area (Å²) in [6.07, 6.45) is 5.16. The average Bonchev–Trinajstić information content (AvgIpc) is 2.96. The zero-order chi connectivity index (χ0) is 15.2. The molecule has 1 unspecified atom stereocenters. The smallest absolute Gasteiger partial charge is 0.0631 e. The topological polar surface area (TPSA) is 43.8 Å². The summed E-state index contributed by atoms with van der Waals surface area (Å²) in [5.74, 6) is 0.285. The molecule has 0 aliphatic rings. The zero-order valence-electron chi connectivity index (χ0n) is 12.8. The maximum atomic E-state index is 5.94. The third kappa shape index (κ3) is 4.08. The minimum absolute atomic E-state index is 0.285. The van der Waals surface area contributed by atoms with Gasteiger partial charge in [-0.3, -0.25) is 4.68 Å². The second-order valence-corrected chi connectivity index (χ2v) is 5.88. The Labute approximate surface area is 132 Å². The van der Waals surface area contributed by atoms with E-state index in [1.165, 1.54) is 5.56 Å². The van der Waals surface area contributed by atoms with E-state index < -0.39 is 0 Å². The Kier molecular flexibility index (Phi) is 5.83. The van der Waals surface area contributed by atoms with Crippen molar-refractivity contribution < 1.29 is 0 Å². The van der Waals surface area contributed by atoms with E-state index in [1.54, 1.807) is 0 Å². The van der Waals surface area contributed by atoms with Gasteiger partial charge in [0.25, 0.3) is 0 Å². The van der Waals surface area contributed by atoms with E-state index in [0.29, 0.717) is 12.6 Å². The van der Waals surface area contributed by atoms with Gasteiger partial charge in [0.1, 0.15) is 0 Å². The number of hydrogen-bond acceptors (Lipinski definition) is 2. The van der Waals surface area contributed by atoms with Crippen molar-refractivity contribution in [1.82, 2.24) is 9.78 Å². The molecule has 0 amide bonds. The van der Waals surface area contributed by atoms with E-state index in [-0.39, 0.29) is 5.92 Å². The molecule has 2 aromatic rings. The number of benzene rings is 1. The molecule has 4 heteroatoms. The predicted octanol–water partition coefficient (Wildman–Crippen LogP) is 4.18. The Morgan fingerprint density at radius 2 is 1.81 bits per heavy atom. The molecule has 1 aromatic carbocycles. The summed E-state index contributed by atoms with van der Waals surface area (Å²) in [6.45, 7) is 5.01. The van der Waals surface area contributed by atoms with Gasteiger partial charge >= 0.3 is 0 Å². The Morgan fingerprint density at radius 1 is 1.14 bits per heavy atom. The Morgan fingerprint density at radius 3 is 2.38 bits per heavy atom. The number of hydrogen-bond donors (Lipinski definition) is 1. The molecule has 3 nitrogen and oxygen atoms in total. The normalized spacial score (nSPS) is 12.8. The number of nitrogens with zero attached hydrogens (tertiary/aromatic N) is 2. The Balaban J connectivity index is 2.10. The molecule has 0 radical (unpaired) electrons. The second kappa shape index (κ2) is 7.62. The quantitative estimate of drug-likeness (QED) is 0.834. The van der Waals surface area contributed by atoms with Crippen LogP contribution in [0.2, 0.25) is 5.02 Å². The van der Waals surface area contributed by atoms with E-state index in [0.717, 1.165) is 30.0 Å². The molecule has 0 spiro atoms. The predicted molar refractivity (Wildman–Crippen MR) is 88.8 cm³/mol. The molecule has 0 saturated carbocycles. The number of rotatable bonds is 7. The molecule has 0 saturated heterocycles. The van der Waals surface area contributed by atoms with E-state index in [9.17, 15) is 0 Å². The second-order valence-electron chi connectivity index (χ2n) is 5.45. The first-order valence-corrected chi connectivity index (χ1v) is 8.05. The van der Waals surface area contributed by atoms with E-state index in [4.69, 9.17) is 22.4 Å². The molecule has 1 atom stereocenters. The summed E-state index contributed by atoms with van der Waals surface area (Å²) >= 11 is 5.94. The summed E-state index contributed by atoms with van der Waals surface area (Å²) < 4.78 is 2.09. The van der Waals surface area contributed by atoms with Crippen molar-refractivity contribution in [2.75, 3.05) is 6.54 Å². The van der Waals surface area contributed by atoms with Gasteiger partial charge in [0.15, 0.2) is 0 Å². The fourth-order valence-electron chi connectivity index (χ4n) is 2.68. The van der Waals surface area contributed by atoms with Gasteiger partial charge in [0, 0.05) is 17.1 Å². The summed E-state index contributed by atoms with van der Waals surface area (Å²) in [4.78, 5) is 0. The van der Waals surface area contributed by atoms with E-state index in [2.05, 4.69) is 42.9 Å². The lowest BCUT2D eigenvalue weighted by Gasteiger charge is -2.15. The zero-order valence-corrected chi connectivity index (χ0v) is 13.6. The highest BCUT2D eigenvalue weighted by Gasteiger charge is 2.14. The van der Waals surface area contributed by atoms with Gasteiger partial charge < -0.3 is 5.73 Å². The molecule has 0 aliphatic heterocycles. The van der Waals surface area contributed by atoms with Crippen LogP contribution in [0.1, 0.15) is 49.9 Å². The van der Waals surface area contributed by atoms with Crippen LogP contribution in [0.4, 0.5) is 0 Å². The monoisotopic (exact) mass is 305 g/mol. The summed E-state index contributed by atoms with van der Waals surface area (Å²) in [5.41, 5.74) is 8.27. The first kappa shape index (κ1) is 16.1. The molecule has 1 aromatic heterocycles. The molecule has 2 rings (SSSR count). The summed E-state index contributed by atoms with van der Waals surface area (Å²) in [5, 5.41) is 5.48. The van der Waals surface area contributed by atoms with Crippen LogP contribution in [-0.4, -0.2) is 16.3 Å². The third-order valence-electron chi connectivity index (χ3n) is 4.06. The Bertz CT molecular complexity index is 543. The van der Waals surface area contributed by atoms with Gasteiger partial charge in [-0.05, 0) is 49.6 Å². The first-order chi connectivity index (χ1) is 10.2. The molecule has 114 valence electrons. The maximum Gasteiger partial charge on any atom is 0.0631 e. The highest BCUT2D eigenvalue weighted by molar-refractivity contribution is 6.30. The van der Waals surface area contributed by atoms with Crippen molar-refractivity contribution in [3.63, 3.8) is 0 Å². The fraction of sp³-hybridized carbons (Fsp3) is 0.471. The minimum atomic E-state index is 0.285. The highest BCUT2D eigenvalue weighted by Crippen LogP contribution is 2.22. The van der Waals surface area contributed by atoms with E-state index >= 15 is 0 Å². The van der Waals surface area contributed by atoms with Gasteiger partial charge in [0.2, 0.25) is 0 Å². The third-order valence-corrected chi connectivity index (χ3v) is 4.31. The SMILES string of the molecule is CCC(CC)n1ccc(CC(CN)c2ccc(Cl)cc2)n1. The lowest BCUT2D eigenvalue weighted by atomic mass is 9.94. The maximum absolute atomic E-state index is 5.94. The van der Waals surface area contributed by atoms with Crippen molar-refractivity contribution in [2.24, 2.45) is 5.73 Å². The fourth-order valence-corrected chi connectivity index (χ4v) is 2.80. The molecule has 21 heavy (non-hydrogen) atoms. The lowest BCUT2D eigenvalue weighted by molar-refractivity contribution is 0.424. The van der Waals surface area contributed by atoms with Crippen molar-refractivity contribution >= 4 is 11.6 Å². The van der Waals surface area contributed by atoms with Gasteiger partial charge in [0.05, 0.1) is 11.7 Å². The lowest BCUT2D eigenvalue weighted by Crippen LogP contribution is -2.16. The molecule has 0 fully saturated rings. The molecule has 0 bridgehead atoms. The molecule has 2 N–H and O–H groups in total. The minimum Gasteiger partial charge on any atom is -0.330 e. The van der Waals surface area contributed by atoms with Crippen LogP contribution in [-0.2, 0) is 6.42 Å². The largest absolute Gasteiger partial charge is 0.330 e. The van der Waals surface area contributed by atoms with Gasteiger partial charge in [-0.25, -0.2) is 0 Å². The van der Waals surface area contributed by atoms with Gasteiger partial charge in [-0.2, -0.15) is 5.10 Å². The van der Waals surface area contributed by atoms with Crippen LogP contribution in [0.15, 0.2) is 36.5 Å². The van der Waals surface area contributed by atoms with E-state index in [1.807, 2.05) is 12.1 Å². The van der Waals surface area contributed by atoms with Crippen molar-refractivity contribution in [1.29, 1.82) is 0 Å². The molecule has 0 aliphatic carbocycles. The van der Waals surface area contributed by atoms with Crippen LogP contribution < -0.4 is 5.73 Å². The van der Waals surface area contributed by atoms with Gasteiger partial charge in [-0.1, -0.05) is 37.6 Å². The van der Waals surface area contributed by atoms with Crippen LogP contribution in [0, 0.1) is 0 Å². The molecule has 1 heterocycles. The van der Waals surface area contributed by atoms with Crippen molar-refractivity contribution in [3.05, 3.63) is 52.8 Å². The number of halogens is 1. The van der Waals surface area contributed by atoms with Crippen LogP contribution in [0.25, 0.3) is 0 Å². The van der Waals surface area contributed by atoms with Crippen molar-refractivity contribution in [2.45, 2.75) is 45.1 Å². The number of aromatic nitrogens is 2. The standard InChI is InChI=1S/C17H24ClN3/c1-3-17(4-2)21-10-9-16(20-21)11-14(12-19)13-5-7-15(18)8-6-13/h5-10,14,17H,3-4,11-12,19H2,1-2H3. The number of nitrogens with two attached hydrogens (primary N) is 1. The summed E-state index contributed by atoms with van der Waals surface area (Å²) in [6, 6.07) is 10.5. The van der Waals surface area contributed by atoms with Crippen LogP contribution in [0.3, 0.4) is 0 Å². The van der Waals surface area contributed by atoms with Crippen LogP contribution >= 0.6 is 11.6 Å². The van der Waals surface area contributed by atoms with Crippen LogP contribution in [0.5, 0.6) is 0 Å². The molecular formula is C17H24ClN3. The molecular weight excluding hydrogens is 282 g/mol. The Hall–Kier alpha value is -1.32. The summed E-state index contributed by atoms with van der Waals surface area (Å²) in [7, 11) is 0. The van der Waals surface area contributed by atoms with Gasteiger partial charge in [-0.15, -0.1) is 0 Å². The highest BCUT2D eigenvalue weighted by atomic mass is 35.5. The first-order valence-electron chi connectivity index (χ1n) is 7.67. The van der Waals surface area contributed by atoms with Crippen molar-refractivity contribution in [3.8, 4) is 0 Å².